The summed E-state index contributed by atoms with van der Waals surface area (Å²) in [4.78, 5) is 37.2. The van der Waals surface area contributed by atoms with E-state index in [1.54, 1.807) is 12.3 Å². The van der Waals surface area contributed by atoms with Crippen molar-refractivity contribution in [2.24, 2.45) is 0 Å². The lowest BCUT2D eigenvalue weighted by Crippen LogP contribution is -2.67. The number of aliphatic carboxylic acids is 1. The van der Waals surface area contributed by atoms with E-state index in [0.717, 1.165) is 5.69 Å². The molecule has 1 amide bonds. The third-order valence-corrected chi connectivity index (χ3v) is 6.85. The average Bonchev–Trinajstić information content (AvgIpc) is 3.48. The molecule has 2 heterocycles. The molecule has 0 saturated carbocycles. The molecule has 2 aromatic rings. The van der Waals surface area contributed by atoms with Crippen molar-refractivity contribution < 1.29 is 28.0 Å². The number of rotatable bonds is 13. The Balaban J connectivity index is 1.68. The Kier molecular flexibility index (Phi) is 8.61. The van der Waals surface area contributed by atoms with E-state index < -0.39 is 33.6 Å². The zero-order chi connectivity index (χ0) is 24.6. The lowest BCUT2D eigenvalue weighted by molar-refractivity contribution is -0.149. The van der Waals surface area contributed by atoms with E-state index in [9.17, 15) is 23.1 Å². The van der Waals surface area contributed by atoms with Gasteiger partial charge in [0.05, 0.1) is 17.2 Å². The Morgan fingerprint density at radius 1 is 1.24 bits per heavy atom. The zero-order valence-electron chi connectivity index (χ0n) is 18.8. The van der Waals surface area contributed by atoms with Gasteiger partial charge in [-0.15, -0.1) is 0 Å². The molecule has 0 radical (unpaired) electrons. The van der Waals surface area contributed by atoms with Crippen LogP contribution in [0.5, 0.6) is 0 Å². The van der Waals surface area contributed by atoms with Crippen LogP contribution in [0.3, 0.4) is 0 Å². The standard InChI is InChI=1S/C21H30N6O6S/c1-15-14-23-20(24-15)22-12-7-3-6-11-21(19(29)30,25-18(28)17-10-13-33-26-17)27-34(31,32)16-8-4-2-5-9-16/h2,4-5,8-9,14,17,26-27H,3,6-7,10-13H2,1H3,(H,25,28)(H,29,30)(H2,22,23,24). The largest absolute Gasteiger partial charge is 0.478 e. The van der Waals surface area contributed by atoms with Crippen molar-refractivity contribution in [3.05, 3.63) is 42.2 Å². The predicted octanol–water partition coefficient (Wildman–Crippen LogP) is 0.860. The van der Waals surface area contributed by atoms with Gasteiger partial charge in [0.2, 0.25) is 21.6 Å². The van der Waals surface area contributed by atoms with E-state index in [0.29, 0.717) is 38.2 Å². The highest BCUT2D eigenvalue weighted by molar-refractivity contribution is 7.89. The molecular formula is C21H30N6O6S. The van der Waals surface area contributed by atoms with E-state index in [1.165, 1.54) is 24.3 Å². The molecule has 1 aromatic heterocycles. The van der Waals surface area contributed by atoms with E-state index >= 15 is 0 Å². The highest BCUT2D eigenvalue weighted by Gasteiger charge is 2.45. The van der Waals surface area contributed by atoms with Gasteiger partial charge in [-0.1, -0.05) is 24.6 Å². The Labute approximate surface area is 197 Å². The number of carboxylic acid groups (broad SMARTS) is 1. The lowest BCUT2D eigenvalue weighted by Gasteiger charge is -2.32. The van der Waals surface area contributed by atoms with Gasteiger partial charge in [0, 0.05) is 12.7 Å². The number of sulfonamides is 1. The molecular weight excluding hydrogens is 464 g/mol. The first-order valence-corrected chi connectivity index (χ1v) is 12.5. The summed E-state index contributed by atoms with van der Waals surface area (Å²) in [5.41, 5.74) is 1.15. The third kappa shape index (κ3) is 6.76. The molecule has 34 heavy (non-hydrogen) atoms. The monoisotopic (exact) mass is 494 g/mol. The molecule has 1 aliphatic rings. The molecule has 1 saturated heterocycles. The van der Waals surface area contributed by atoms with Gasteiger partial charge in [0.15, 0.2) is 5.95 Å². The fraction of sp³-hybridized carbons (Fsp3) is 0.476. The normalized spacial score (nSPS) is 17.7. The van der Waals surface area contributed by atoms with Crippen LogP contribution in [0.2, 0.25) is 0 Å². The van der Waals surface area contributed by atoms with Crippen molar-refractivity contribution in [2.45, 2.75) is 55.6 Å². The van der Waals surface area contributed by atoms with E-state index in [1.807, 2.05) is 6.92 Å². The highest BCUT2D eigenvalue weighted by Crippen LogP contribution is 2.19. The number of aromatic amines is 1. The molecule has 13 heteroatoms. The van der Waals surface area contributed by atoms with Gasteiger partial charge in [0.1, 0.15) is 6.04 Å². The number of imidazole rings is 1. The van der Waals surface area contributed by atoms with E-state index in [4.69, 9.17) is 4.84 Å². The van der Waals surface area contributed by atoms with Crippen molar-refractivity contribution >= 4 is 27.8 Å². The molecule has 186 valence electrons. The van der Waals surface area contributed by atoms with E-state index in [-0.39, 0.29) is 17.9 Å². The maximum absolute atomic E-state index is 13.0. The minimum atomic E-state index is -4.24. The fourth-order valence-corrected chi connectivity index (χ4v) is 4.84. The summed E-state index contributed by atoms with van der Waals surface area (Å²) in [7, 11) is -4.24. The third-order valence-electron chi connectivity index (χ3n) is 5.34. The smallest absolute Gasteiger partial charge is 0.345 e. The second kappa shape index (κ2) is 11.4. The molecule has 0 spiro atoms. The number of anilines is 1. The van der Waals surface area contributed by atoms with Crippen LogP contribution in [0.4, 0.5) is 5.95 Å². The molecule has 12 nitrogen and oxygen atoms in total. The maximum atomic E-state index is 13.0. The lowest BCUT2D eigenvalue weighted by atomic mass is 10.0. The van der Waals surface area contributed by atoms with Gasteiger partial charge in [-0.3, -0.25) is 4.79 Å². The zero-order valence-corrected chi connectivity index (χ0v) is 19.7. The number of H-pyrrole nitrogens is 1. The predicted molar refractivity (Wildman–Crippen MR) is 123 cm³/mol. The van der Waals surface area contributed by atoms with Crippen LogP contribution in [-0.2, 0) is 24.4 Å². The Hall–Kier alpha value is -3.00. The molecule has 3 rings (SSSR count). The number of nitrogens with zero attached hydrogens (tertiary/aromatic N) is 1. The minimum absolute atomic E-state index is 0.102. The van der Waals surface area contributed by atoms with Gasteiger partial charge in [-0.25, -0.2) is 18.2 Å². The van der Waals surface area contributed by atoms with Gasteiger partial charge in [-0.05, 0) is 44.7 Å². The summed E-state index contributed by atoms with van der Waals surface area (Å²) in [6, 6.07) is 6.64. The van der Waals surface area contributed by atoms with Crippen molar-refractivity contribution in [3.63, 3.8) is 0 Å². The first-order chi connectivity index (χ1) is 16.2. The fourth-order valence-electron chi connectivity index (χ4n) is 3.51. The van der Waals surface area contributed by atoms with Crippen LogP contribution < -0.4 is 20.8 Å². The summed E-state index contributed by atoms with van der Waals surface area (Å²) in [6.07, 6.45) is 3.59. The number of aromatic nitrogens is 2. The molecule has 0 bridgehead atoms. The summed E-state index contributed by atoms with van der Waals surface area (Å²) >= 11 is 0. The Bertz CT molecular complexity index is 1070. The molecule has 2 unspecified atom stereocenters. The van der Waals surface area contributed by atoms with Crippen LogP contribution in [-0.4, -0.2) is 60.2 Å². The summed E-state index contributed by atoms with van der Waals surface area (Å²) in [5, 5.41) is 15.6. The highest BCUT2D eigenvalue weighted by atomic mass is 32.2. The molecule has 1 fully saturated rings. The summed E-state index contributed by atoms with van der Waals surface area (Å²) < 4.78 is 28.2. The van der Waals surface area contributed by atoms with Crippen molar-refractivity contribution in [1.29, 1.82) is 0 Å². The number of benzene rings is 1. The number of amides is 1. The number of carbonyl (C=O) groups excluding carboxylic acids is 1. The van der Waals surface area contributed by atoms with Crippen LogP contribution in [0, 0.1) is 6.92 Å². The van der Waals surface area contributed by atoms with Crippen LogP contribution >= 0.6 is 0 Å². The van der Waals surface area contributed by atoms with Crippen LogP contribution in [0.1, 0.15) is 37.8 Å². The summed E-state index contributed by atoms with van der Waals surface area (Å²) in [5.74, 6) is -1.51. The molecule has 0 aliphatic carbocycles. The number of hydrogen-bond donors (Lipinski definition) is 6. The average molecular weight is 495 g/mol. The van der Waals surface area contributed by atoms with Crippen molar-refractivity contribution in [2.75, 3.05) is 18.5 Å². The maximum Gasteiger partial charge on any atom is 0.345 e. The molecule has 1 aromatic carbocycles. The first kappa shape index (κ1) is 25.6. The number of hydroxylamine groups is 1. The van der Waals surface area contributed by atoms with Gasteiger partial charge in [-0.2, -0.15) is 10.2 Å². The van der Waals surface area contributed by atoms with Crippen molar-refractivity contribution in [1.82, 2.24) is 25.5 Å². The molecule has 2 atom stereocenters. The minimum Gasteiger partial charge on any atom is -0.478 e. The number of nitrogens with one attached hydrogen (secondary N) is 5. The quantitative estimate of drug-likeness (QED) is 0.174. The van der Waals surface area contributed by atoms with Crippen molar-refractivity contribution in [3.8, 4) is 0 Å². The van der Waals surface area contributed by atoms with Gasteiger partial charge < -0.3 is 25.6 Å². The van der Waals surface area contributed by atoms with Crippen LogP contribution in [0.15, 0.2) is 41.4 Å². The van der Waals surface area contributed by atoms with E-state index in [2.05, 4.69) is 30.8 Å². The second-order valence-corrected chi connectivity index (χ2v) is 9.74. The van der Waals surface area contributed by atoms with Gasteiger partial charge >= 0.3 is 5.97 Å². The Morgan fingerprint density at radius 3 is 2.62 bits per heavy atom. The second-order valence-electron chi connectivity index (χ2n) is 8.05. The first-order valence-electron chi connectivity index (χ1n) is 11.0. The Morgan fingerprint density at radius 2 is 2.00 bits per heavy atom. The van der Waals surface area contributed by atoms with Gasteiger partial charge in [0.25, 0.3) is 0 Å². The molecule has 1 aliphatic heterocycles. The topological polar surface area (TPSA) is 175 Å². The number of hydrogen-bond acceptors (Lipinski definition) is 8. The number of aryl methyl sites for hydroxylation is 1. The molecule has 6 N–H and O–H groups in total. The van der Waals surface area contributed by atoms with Crippen LogP contribution in [0.25, 0.3) is 0 Å². The number of carboxylic acids is 1. The SMILES string of the molecule is Cc1c[nH]c(NCCCCCC(NC(=O)C2CCON2)(NS(=O)(=O)c2ccccc2)C(=O)O)n1. The number of unbranched alkanes of at least 4 members (excludes halogenated alkanes) is 2. The number of carbonyl (C=O) groups is 2. The summed E-state index contributed by atoms with van der Waals surface area (Å²) in [6.45, 7) is 2.75.